The smallest absolute Gasteiger partial charge is 0.373 e. The number of aryl methyl sites for hydroxylation is 1. The van der Waals surface area contributed by atoms with Crippen LogP contribution in [0.2, 0.25) is 0 Å². The van der Waals surface area contributed by atoms with E-state index in [0.717, 1.165) is 12.0 Å². The van der Waals surface area contributed by atoms with Gasteiger partial charge in [0.1, 0.15) is 11.6 Å². The summed E-state index contributed by atoms with van der Waals surface area (Å²) < 4.78 is 0. The first-order valence-electron chi connectivity index (χ1n) is 13.0. The van der Waals surface area contributed by atoms with Crippen LogP contribution in [0.4, 0.5) is 11.4 Å². The van der Waals surface area contributed by atoms with Gasteiger partial charge in [-0.1, -0.05) is 62.2 Å². The molecule has 192 valence electrons. The molecule has 0 radical (unpaired) electrons. The molecular formula is C32H30N2O4. The molecule has 0 aromatic heterocycles. The molecule has 2 aliphatic rings. The molecule has 1 saturated carbocycles. The van der Waals surface area contributed by atoms with E-state index in [4.69, 9.17) is 20.0 Å². The molecule has 1 fully saturated rings. The number of rotatable bonds is 7. The van der Waals surface area contributed by atoms with E-state index in [0.29, 0.717) is 17.5 Å². The molecule has 0 bridgehead atoms. The van der Waals surface area contributed by atoms with Crippen molar-refractivity contribution in [2.45, 2.75) is 57.4 Å². The number of carboxylic acids is 1. The van der Waals surface area contributed by atoms with Crippen LogP contribution in [0.15, 0.2) is 72.3 Å². The van der Waals surface area contributed by atoms with E-state index in [1.807, 2.05) is 24.3 Å². The van der Waals surface area contributed by atoms with Crippen molar-refractivity contribution in [2.75, 3.05) is 4.90 Å². The summed E-state index contributed by atoms with van der Waals surface area (Å²) in [7, 11) is 0. The minimum atomic E-state index is -1.21. The Hall–Kier alpha value is -4.46. The Morgan fingerprint density at radius 1 is 1.03 bits per heavy atom. The monoisotopic (exact) mass is 506 g/mol. The van der Waals surface area contributed by atoms with Gasteiger partial charge in [-0.2, -0.15) is 14.9 Å². The summed E-state index contributed by atoms with van der Waals surface area (Å²) in [6.07, 6.45) is 8.95. The Bertz CT molecular complexity index is 1390. The summed E-state index contributed by atoms with van der Waals surface area (Å²) in [5.41, 5.74) is 8.16. The predicted molar refractivity (Wildman–Crippen MR) is 146 cm³/mol. The molecule has 1 aliphatic heterocycles. The second kappa shape index (κ2) is 12.2. The molecular weight excluding hydrogens is 476 g/mol. The van der Waals surface area contributed by atoms with Crippen molar-refractivity contribution in [1.82, 2.24) is 0 Å². The van der Waals surface area contributed by atoms with Crippen molar-refractivity contribution in [2.24, 2.45) is 0 Å². The molecule has 2 atom stereocenters. The normalized spacial score (nSPS) is 17.5. The molecule has 5 rings (SSSR count). The fraction of sp³-hybridized carbons (Fsp3) is 0.281. The number of hydrogen-bond donors (Lipinski definition) is 1. The van der Waals surface area contributed by atoms with Gasteiger partial charge in [0.05, 0.1) is 0 Å². The van der Waals surface area contributed by atoms with Crippen molar-refractivity contribution in [3.63, 3.8) is 0 Å². The maximum Gasteiger partial charge on any atom is 0.373 e. The Labute approximate surface area is 222 Å². The van der Waals surface area contributed by atoms with Gasteiger partial charge >= 0.3 is 12.1 Å². The highest BCUT2D eigenvalue weighted by atomic mass is 16.4. The lowest BCUT2D eigenvalue weighted by Crippen LogP contribution is -2.26. The van der Waals surface area contributed by atoms with Gasteiger partial charge in [-0.15, -0.1) is 0 Å². The fourth-order valence-electron chi connectivity index (χ4n) is 5.66. The fourth-order valence-corrected chi connectivity index (χ4v) is 5.66. The molecule has 2 unspecified atom stereocenters. The molecule has 1 heterocycles. The largest absolute Gasteiger partial charge is 0.477 e. The van der Waals surface area contributed by atoms with Crippen LogP contribution in [-0.4, -0.2) is 23.3 Å². The molecule has 6 nitrogen and oxygen atoms in total. The molecule has 3 aromatic carbocycles. The number of fused-ring (bicyclic) bond motifs is 3. The standard InChI is InChI=1S/C31H30N2O2.CO2/c1-2-3-5-21-10-15-26(16-11-21)33-29-7-4-6-27(29)28-19-24(14-17-30(28)33)23-12-8-22(9-13-23)18-25(20-32)31(34)35;2-1-3/h8-19,27,29H,2-7H2,1H3,(H,34,35);. The zero-order chi connectivity index (χ0) is 27.1. The number of aliphatic carboxylic acids is 1. The van der Waals surface area contributed by atoms with Crippen molar-refractivity contribution >= 4 is 29.6 Å². The Kier molecular flexibility index (Phi) is 8.53. The van der Waals surface area contributed by atoms with Crippen LogP contribution in [0.3, 0.4) is 0 Å². The summed E-state index contributed by atoms with van der Waals surface area (Å²) in [6.45, 7) is 2.24. The quantitative estimate of drug-likeness (QED) is 0.277. The minimum absolute atomic E-state index is 0.250. The lowest BCUT2D eigenvalue weighted by Gasteiger charge is -2.27. The van der Waals surface area contributed by atoms with Crippen molar-refractivity contribution in [3.05, 3.63) is 89.0 Å². The maximum atomic E-state index is 11.1. The lowest BCUT2D eigenvalue weighted by atomic mass is 9.93. The number of carbonyl (C=O) groups is 1. The number of hydrogen-bond acceptors (Lipinski definition) is 5. The van der Waals surface area contributed by atoms with Gasteiger partial charge in [-0.05, 0) is 83.8 Å². The highest BCUT2D eigenvalue weighted by Crippen LogP contribution is 2.53. The number of nitrogens with zero attached hydrogens (tertiary/aromatic N) is 2. The van der Waals surface area contributed by atoms with Crippen LogP contribution in [0.25, 0.3) is 17.2 Å². The maximum absolute atomic E-state index is 11.1. The van der Waals surface area contributed by atoms with E-state index >= 15 is 0 Å². The molecule has 38 heavy (non-hydrogen) atoms. The van der Waals surface area contributed by atoms with Gasteiger partial charge in [0, 0.05) is 23.3 Å². The van der Waals surface area contributed by atoms with Crippen molar-refractivity contribution in [3.8, 4) is 17.2 Å². The van der Waals surface area contributed by atoms with E-state index in [1.165, 1.54) is 66.2 Å². The van der Waals surface area contributed by atoms with Crippen LogP contribution in [0.1, 0.15) is 61.6 Å². The third kappa shape index (κ3) is 5.59. The van der Waals surface area contributed by atoms with Gasteiger partial charge in [0.2, 0.25) is 0 Å². The zero-order valence-electron chi connectivity index (χ0n) is 21.4. The van der Waals surface area contributed by atoms with Crippen LogP contribution in [0, 0.1) is 11.3 Å². The first-order chi connectivity index (χ1) is 18.5. The van der Waals surface area contributed by atoms with Gasteiger partial charge in [0.25, 0.3) is 0 Å². The predicted octanol–water partition coefficient (Wildman–Crippen LogP) is 6.89. The number of benzene rings is 3. The average molecular weight is 507 g/mol. The molecule has 3 aromatic rings. The summed E-state index contributed by atoms with van der Waals surface area (Å²) in [5, 5.41) is 18.1. The van der Waals surface area contributed by atoms with Gasteiger partial charge in [-0.3, -0.25) is 0 Å². The lowest BCUT2D eigenvalue weighted by molar-refractivity contribution is -0.191. The third-order valence-corrected chi connectivity index (χ3v) is 7.44. The first-order valence-corrected chi connectivity index (χ1v) is 13.0. The Balaban J connectivity index is 0.00000107. The molecule has 0 saturated heterocycles. The van der Waals surface area contributed by atoms with Crippen LogP contribution < -0.4 is 4.90 Å². The summed E-state index contributed by atoms with van der Waals surface area (Å²) >= 11 is 0. The van der Waals surface area contributed by atoms with Crippen LogP contribution >= 0.6 is 0 Å². The highest BCUT2D eigenvalue weighted by Gasteiger charge is 2.42. The second-order valence-electron chi connectivity index (χ2n) is 9.70. The van der Waals surface area contributed by atoms with E-state index < -0.39 is 5.97 Å². The van der Waals surface area contributed by atoms with Gasteiger partial charge in [0.15, 0.2) is 0 Å². The summed E-state index contributed by atoms with van der Waals surface area (Å²) in [5.74, 6) is -0.651. The molecule has 6 heteroatoms. The van der Waals surface area contributed by atoms with Crippen molar-refractivity contribution in [1.29, 1.82) is 5.26 Å². The number of carbonyl (C=O) groups excluding carboxylic acids is 2. The second-order valence-corrected chi connectivity index (χ2v) is 9.70. The van der Waals surface area contributed by atoms with E-state index in [2.05, 4.69) is 54.3 Å². The van der Waals surface area contributed by atoms with Gasteiger partial charge in [-0.25, -0.2) is 4.79 Å². The number of anilines is 2. The number of nitriles is 1. The molecule has 0 spiro atoms. The zero-order valence-corrected chi connectivity index (χ0v) is 21.4. The van der Waals surface area contributed by atoms with E-state index in [-0.39, 0.29) is 11.7 Å². The highest BCUT2D eigenvalue weighted by molar-refractivity contribution is 5.96. The molecule has 0 amide bonds. The van der Waals surface area contributed by atoms with Crippen molar-refractivity contribution < 1.29 is 19.5 Å². The first kappa shape index (κ1) is 26.6. The van der Waals surface area contributed by atoms with Crippen LogP contribution in [0.5, 0.6) is 0 Å². The van der Waals surface area contributed by atoms with E-state index in [9.17, 15) is 4.79 Å². The SMILES string of the molecule is CCCCc1ccc(N2c3ccc(-c4ccc(C=C(C#N)C(=O)O)cc4)cc3C3CCCC32)cc1.O=C=O. The number of carboxylic acid groups (broad SMARTS) is 1. The van der Waals surface area contributed by atoms with Crippen LogP contribution in [-0.2, 0) is 20.8 Å². The summed E-state index contributed by atoms with van der Waals surface area (Å²) in [4.78, 5) is 29.9. The van der Waals surface area contributed by atoms with Gasteiger partial charge < -0.3 is 10.0 Å². The third-order valence-electron chi connectivity index (χ3n) is 7.44. The molecule has 1 N–H and O–H groups in total. The minimum Gasteiger partial charge on any atom is -0.477 e. The average Bonchev–Trinajstić information content (AvgIpc) is 3.52. The number of unbranched alkanes of at least 4 members (excludes halogenated alkanes) is 1. The summed E-state index contributed by atoms with van der Waals surface area (Å²) in [6, 6.07) is 26.0. The molecule has 1 aliphatic carbocycles. The Morgan fingerprint density at radius 3 is 2.34 bits per heavy atom. The Morgan fingerprint density at radius 2 is 1.71 bits per heavy atom. The van der Waals surface area contributed by atoms with E-state index in [1.54, 1.807) is 6.07 Å². The topological polar surface area (TPSA) is 98.5 Å².